The van der Waals surface area contributed by atoms with Crippen molar-refractivity contribution in [2.45, 2.75) is 19.8 Å². The molecule has 3 N–H and O–H groups in total. The number of aryl methyl sites for hydroxylation is 3. The molecule has 0 aliphatic carbocycles. The van der Waals surface area contributed by atoms with Crippen molar-refractivity contribution >= 4 is 5.69 Å². The van der Waals surface area contributed by atoms with Crippen molar-refractivity contribution in [3.63, 3.8) is 0 Å². The summed E-state index contributed by atoms with van der Waals surface area (Å²) in [6, 6.07) is 7.99. The number of hydrogen-bond acceptors (Lipinski definition) is 2. The van der Waals surface area contributed by atoms with E-state index in [0.29, 0.717) is 0 Å². The molecular weight excluding hydrogens is 186 g/mol. The second kappa shape index (κ2) is 4.17. The van der Waals surface area contributed by atoms with Crippen LogP contribution in [0.25, 0.3) is 0 Å². The summed E-state index contributed by atoms with van der Waals surface area (Å²) < 4.78 is 0. The quantitative estimate of drug-likeness (QED) is 0.747. The first kappa shape index (κ1) is 9.77. The predicted octanol–water partition coefficient (Wildman–Crippen LogP) is 2.09. The van der Waals surface area contributed by atoms with Gasteiger partial charge in [0.1, 0.15) is 5.82 Å². The van der Waals surface area contributed by atoms with Crippen molar-refractivity contribution in [2.24, 2.45) is 0 Å². The third-order valence-corrected chi connectivity index (χ3v) is 2.39. The Bertz CT molecular complexity index is 428. The van der Waals surface area contributed by atoms with Crippen molar-refractivity contribution in [3.8, 4) is 0 Å². The third-order valence-electron chi connectivity index (χ3n) is 2.39. The average molecular weight is 201 g/mol. The lowest BCUT2D eigenvalue weighted by atomic mass is 10.1. The van der Waals surface area contributed by atoms with Gasteiger partial charge >= 0.3 is 0 Å². The minimum Gasteiger partial charge on any atom is -0.399 e. The van der Waals surface area contributed by atoms with Gasteiger partial charge in [-0.1, -0.05) is 12.1 Å². The van der Waals surface area contributed by atoms with E-state index in [1.807, 2.05) is 25.3 Å². The van der Waals surface area contributed by atoms with E-state index >= 15 is 0 Å². The lowest BCUT2D eigenvalue weighted by Crippen LogP contribution is -1.94. The van der Waals surface area contributed by atoms with Gasteiger partial charge in [0.15, 0.2) is 0 Å². The van der Waals surface area contributed by atoms with Crippen molar-refractivity contribution < 1.29 is 0 Å². The van der Waals surface area contributed by atoms with Gasteiger partial charge in [-0.05, 0) is 31.0 Å². The first-order chi connectivity index (χ1) is 7.24. The Kier molecular flexibility index (Phi) is 2.72. The van der Waals surface area contributed by atoms with E-state index in [2.05, 4.69) is 22.1 Å². The number of nitrogen functional groups attached to an aromatic ring is 1. The van der Waals surface area contributed by atoms with E-state index in [0.717, 1.165) is 30.0 Å². The van der Waals surface area contributed by atoms with Crippen LogP contribution in [0.1, 0.15) is 17.1 Å². The van der Waals surface area contributed by atoms with Crippen molar-refractivity contribution in [1.82, 2.24) is 9.97 Å². The van der Waals surface area contributed by atoms with E-state index in [1.165, 1.54) is 5.56 Å². The molecule has 0 fully saturated rings. The molecular formula is C12H15N3. The van der Waals surface area contributed by atoms with Crippen LogP contribution in [-0.2, 0) is 12.8 Å². The first-order valence-corrected chi connectivity index (χ1v) is 5.09. The number of nitrogens with two attached hydrogens (primary N) is 1. The third kappa shape index (κ3) is 2.59. The van der Waals surface area contributed by atoms with Crippen molar-refractivity contribution in [1.29, 1.82) is 0 Å². The van der Waals surface area contributed by atoms with Crippen LogP contribution in [0.5, 0.6) is 0 Å². The van der Waals surface area contributed by atoms with Crippen LogP contribution in [0.4, 0.5) is 5.69 Å². The highest BCUT2D eigenvalue weighted by atomic mass is 14.9. The maximum absolute atomic E-state index is 5.62. The number of benzene rings is 1. The SMILES string of the molecule is Cc1cnc(CCc2ccc(N)cc2)[nH]1. The Morgan fingerprint density at radius 3 is 2.53 bits per heavy atom. The fourth-order valence-corrected chi connectivity index (χ4v) is 1.54. The summed E-state index contributed by atoms with van der Waals surface area (Å²) in [5, 5.41) is 0. The predicted molar refractivity (Wildman–Crippen MR) is 61.6 cm³/mol. The summed E-state index contributed by atoms with van der Waals surface area (Å²) in [6.07, 6.45) is 3.79. The Morgan fingerprint density at radius 2 is 1.93 bits per heavy atom. The fraction of sp³-hybridized carbons (Fsp3) is 0.250. The van der Waals surface area contributed by atoms with E-state index in [4.69, 9.17) is 5.73 Å². The van der Waals surface area contributed by atoms with E-state index in [9.17, 15) is 0 Å². The van der Waals surface area contributed by atoms with Gasteiger partial charge in [0.2, 0.25) is 0 Å². The molecule has 0 bridgehead atoms. The molecule has 15 heavy (non-hydrogen) atoms. The topological polar surface area (TPSA) is 54.7 Å². The number of aromatic amines is 1. The van der Waals surface area contributed by atoms with E-state index in [1.54, 1.807) is 0 Å². The molecule has 0 radical (unpaired) electrons. The van der Waals surface area contributed by atoms with Crippen molar-refractivity contribution in [2.75, 3.05) is 5.73 Å². The van der Waals surface area contributed by atoms with E-state index in [-0.39, 0.29) is 0 Å². The largest absolute Gasteiger partial charge is 0.399 e. The molecule has 0 amide bonds. The summed E-state index contributed by atoms with van der Waals surface area (Å²) in [4.78, 5) is 7.49. The highest BCUT2D eigenvalue weighted by Gasteiger charge is 1.98. The van der Waals surface area contributed by atoms with Gasteiger partial charge in [0, 0.05) is 24.0 Å². The molecule has 0 atom stereocenters. The average Bonchev–Trinajstić information content (AvgIpc) is 2.64. The van der Waals surface area contributed by atoms with Gasteiger partial charge in [0.25, 0.3) is 0 Å². The molecule has 2 rings (SSSR count). The maximum atomic E-state index is 5.62. The summed E-state index contributed by atoms with van der Waals surface area (Å²) in [6.45, 7) is 2.01. The number of rotatable bonds is 3. The van der Waals surface area contributed by atoms with Crippen LogP contribution in [0, 0.1) is 6.92 Å². The number of hydrogen-bond donors (Lipinski definition) is 2. The molecule has 3 nitrogen and oxygen atoms in total. The van der Waals surface area contributed by atoms with Gasteiger partial charge in [-0.25, -0.2) is 4.98 Å². The summed E-state index contributed by atoms with van der Waals surface area (Å²) >= 11 is 0. The first-order valence-electron chi connectivity index (χ1n) is 5.09. The number of H-pyrrole nitrogens is 1. The molecule has 3 heteroatoms. The Labute approximate surface area is 89.4 Å². The van der Waals surface area contributed by atoms with Crippen LogP contribution in [0.3, 0.4) is 0 Å². The number of nitrogens with zero attached hydrogens (tertiary/aromatic N) is 1. The minimum atomic E-state index is 0.813. The zero-order valence-electron chi connectivity index (χ0n) is 8.83. The van der Waals surface area contributed by atoms with Crippen LogP contribution in [-0.4, -0.2) is 9.97 Å². The fourth-order valence-electron chi connectivity index (χ4n) is 1.54. The number of aromatic nitrogens is 2. The van der Waals surface area contributed by atoms with Gasteiger partial charge in [-0.15, -0.1) is 0 Å². The van der Waals surface area contributed by atoms with Crippen LogP contribution < -0.4 is 5.73 Å². The summed E-state index contributed by atoms with van der Waals surface area (Å²) in [5.74, 6) is 1.05. The molecule has 1 aromatic carbocycles. The Balaban J connectivity index is 1.96. The van der Waals surface area contributed by atoms with Gasteiger partial charge < -0.3 is 10.7 Å². The molecule has 1 aromatic heterocycles. The normalized spacial score (nSPS) is 10.5. The van der Waals surface area contributed by atoms with Gasteiger partial charge in [-0.2, -0.15) is 0 Å². The van der Waals surface area contributed by atoms with Crippen LogP contribution in [0.2, 0.25) is 0 Å². The number of nitrogens with one attached hydrogen (secondary N) is 1. The molecule has 2 aromatic rings. The molecule has 0 aliphatic rings. The van der Waals surface area contributed by atoms with Gasteiger partial charge in [-0.3, -0.25) is 0 Å². The summed E-state index contributed by atoms with van der Waals surface area (Å²) in [5.41, 5.74) is 8.83. The van der Waals surface area contributed by atoms with Crippen molar-refractivity contribution in [3.05, 3.63) is 47.5 Å². The second-order valence-electron chi connectivity index (χ2n) is 3.75. The number of anilines is 1. The van der Waals surface area contributed by atoms with E-state index < -0.39 is 0 Å². The minimum absolute atomic E-state index is 0.813. The number of imidazole rings is 1. The lowest BCUT2D eigenvalue weighted by molar-refractivity contribution is 0.881. The van der Waals surface area contributed by atoms with Crippen LogP contribution >= 0.6 is 0 Å². The summed E-state index contributed by atoms with van der Waals surface area (Å²) in [7, 11) is 0. The maximum Gasteiger partial charge on any atom is 0.106 e. The second-order valence-corrected chi connectivity index (χ2v) is 3.75. The standard InChI is InChI=1S/C12H15N3/c1-9-8-14-12(15-9)7-4-10-2-5-11(13)6-3-10/h2-3,5-6,8H,4,7,13H2,1H3,(H,14,15). The molecule has 0 unspecified atom stereocenters. The zero-order chi connectivity index (χ0) is 10.7. The molecule has 0 spiro atoms. The highest BCUT2D eigenvalue weighted by molar-refractivity contribution is 5.39. The molecule has 1 heterocycles. The molecule has 0 saturated carbocycles. The Morgan fingerprint density at radius 1 is 1.20 bits per heavy atom. The smallest absolute Gasteiger partial charge is 0.106 e. The lowest BCUT2D eigenvalue weighted by Gasteiger charge is -2.00. The molecule has 0 aliphatic heterocycles. The van der Waals surface area contributed by atoms with Gasteiger partial charge in [0.05, 0.1) is 0 Å². The van der Waals surface area contributed by atoms with Crippen LogP contribution in [0.15, 0.2) is 30.5 Å². The monoisotopic (exact) mass is 201 g/mol. The Hall–Kier alpha value is -1.77. The zero-order valence-corrected chi connectivity index (χ0v) is 8.83. The molecule has 0 saturated heterocycles. The molecule has 78 valence electrons. The highest BCUT2D eigenvalue weighted by Crippen LogP contribution is 2.08.